The zero-order valence-corrected chi connectivity index (χ0v) is 17.1. The summed E-state index contributed by atoms with van der Waals surface area (Å²) in [6.07, 6.45) is 4.55. The first-order valence-electron chi connectivity index (χ1n) is 9.48. The van der Waals surface area contributed by atoms with Gasteiger partial charge in [0.25, 0.3) is 0 Å². The van der Waals surface area contributed by atoms with Gasteiger partial charge >= 0.3 is 0 Å². The first kappa shape index (κ1) is 20.3. The van der Waals surface area contributed by atoms with Gasteiger partial charge in [0, 0.05) is 32.5 Å². The van der Waals surface area contributed by atoms with Gasteiger partial charge in [0.1, 0.15) is 0 Å². The molecule has 0 radical (unpaired) electrons. The highest BCUT2D eigenvalue weighted by molar-refractivity contribution is 5.79. The fourth-order valence-electron chi connectivity index (χ4n) is 2.96. The van der Waals surface area contributed by atoms with E-state index in [-0.39, 0.29) is 0 Å². The van der Waals surface area contributed by atoms with E-state index >= 15 is 0 Å². The Bertz CT molecular complexity index is 921. The Balaban J connectivity index is 1.47. The number of rotatable bonds is 8. The smallest absolute Gasteiger partial charge is 0.191 e. The molecule has 0 fully saturated rings. The van der Waals surface area contributed by atoms with Gasteiger partial charge < -0.3 is 20.1 Å². The summed E-state index contributed by atoms with van der Waals surface area (Å²) in [5.74, 6) is 2.24. The number of aromatic nitrogens is 2. The summed E-state index contributed by atoms with van der Waals surface area (Å²) in [5, 5.41) is 10.9. The quantitative estimate of drug-likeness (QED) is 0.455. The number of methoxy groups -OCH3 is 2. The van der Waals surface area contributed by atoms with Crippen LogP contribution in [-0.2, 0) is 13.0 Å². The predicted octanol–water partition coefficient (Wildman–Crippen LogP) is 2.80. The standard InChI is InChI=1S/C22H27N5O2/c1-23-22(24-13-11-17-7-10-20(28-2)21(15-17)29-3)25-16-18-5-8-19(9-6-18)27-14-4-12-26-27/h4-10,12,14-15H,11,13,16H2,1-3H3,(H2,23,24,25). The Hall–Kier alpha value is -3.48. The Morgan fingerprint density at radius 3 is 2.41 bits per heavy atom. The molecule has 0 amide bonds. The van der Waals surface area contributed by atoms with Crippen LogP contribution in [0.4, 0.5) is 0 Å². The number of ether oxygens (including phenoxy) is 2. The maximum Gasteiger partial charge on any atom is 0.191 e. The van der Waals surface area contributed by atoms with Crippen molar-refractivity contribution in [2.75, 3.05) is 27.8 Å². The average molecular weight is 393 g/mol. The van der Waals surface area contributed by atoms with E-state index in [0.717, 1.165) is 36.1 Å². The number of hydrogen-bond donors (Lipinski definition) is 2. The lowest BCUT2D eigenvalue weighted by atomic mass is 10.1. The van der Waals surface area contributed by atoms with Gasteiger partial charge in [-0.2, -0.15) is 5.10 Å². The summed E-state index contributed by atoms with van der Waals surface area (Å²) in [7, 11) is 5.06. The molecule has 2 N–H and O–H groups in total. The minimum absolute atomic E-state index is 0.690. The number of nitrogens with one attached hydrogen (secondary N) is 2. The summed E-state index contributed by atoms with van der Waals surface area (Å²) in [6.45, 7) is 1.45. The third-order valence-electron chi connectivity index (χ3n) is 4.54. The molecule has 0 aliphatic heterocycles. The summed E-state index contributed by atoms with van der Waals surface area (Å²) in [4.78, 5) is 4.29. The van der Waals surface area contributed by atoms with Crippen LogP contribution in [0.1, 0.15) is 11.1 Å². The molecule has 3 aromatic rings. The summed E-state index contributed by atoms with van der Waals surface area (Å²) in [6, 6.07) is 16.1. The molecule has 0 saturated carbocycles. The van der Waals surface area contributed by atoms with Crippen LogP contribution in [0.5, 0.6) is 11.5 Å². The van der Waals surface area contributed by atoms with Crippen molar-refractivity contribution in [1.29, 1.82) is 0 Å². The van der Waals surface area contributed by atoms with Crippen LogP contribution in [0.2, 0.25) is 0 Å². The molecule has 2 aromatic carbocycles. The molecule has 0 aliphatic rings. The van der Waals surface area contributed by atoms with Crippen LogP contribution >= 0.6 is 0 Å². The summed E-state index contributed by atoms with van der Waals surface area (Å²) >= 11 is 0. The second-order valence-electron chi connectivity index (χ2n) is 6.41. The maximum atomic E-state index is 5.36. The average Bonchev–Trinajstić information content (AvgIpc) is 3.31. The Morgan fingerprint density at radius 2 is 1.76 bits per heavy atom. The first-order chi connectivity index (χ1) is 14.2. The van der Waals surface area contributed by atoms with E-state index in [1.807, 2.05) is 35.1 Å². The molecule has 0 atom stereocenters. The van der Waals surface area contributed by atoms with Gasteiger partial charge in [-0.3, -0.25) is 4.99 Å². The molecule has 0 saturated heterocycles. The highest BCUT2D eigenvalue weighted by Crippen LogP contribution is 2.27. The zero-order chi connectivity index (χ0) is 20.5. The molecule has 29 heavy (non-hydrogen) atoms. The topological polar surface area (TPSA) is 72.7 Å². The molecule has 152 valence electrons. The van der Waals surface area contributed by atoms with Gasteiger partial charge in [-0.05, 0) is 47.9 Å². The SMILES string of the molecule is CN=C(NCCc1ccc(OC)c(OC)c1)NCc1ccc(-n2cccn2)cc1. The second kappa shape index (κ2) is 10.2. The molecule has 1 heterocycles. The van der Waals surface area contributed by atoms with Crippen molar-refractivity contribution >= 4 is 5.96 Å². The highest BCUT2D eigenvalue weighted by Gasteiger charge is 2.05. The monoisotopic (exact) mass is 393 g/mol. The molecule has 1 aromatic heterocycles. The lowest BCUT2D eigenvalue weighted by Gasteiger charge is -2.13. The first-order valence-corrected chi connectivity index (χ1v) is 9.48. The molecule has 0 unspecified atom stereocenters. The second-order valence-corrected chi connectivity index (χ2v) is 6.41. The third-order valence-corrected chi connectivity index (χ3v) is 4.54. The van der Waals surface area contributed by atoms with Crippen LogP contribution in [0.3, 0.4) is 0 Å². The minimum atomic E-state index is 0.690. The van der Waals surface area contributed by atoms with Crippen LogP contribution in [-0.4, -0.2) is 43.6 Å². The van der Waals surface area contributed by atoms with Crippen LogP contribution in [0, 0.1) is 0 Å². The molecular formula is C22H27N5O2. The van der Waals surface area contributed by atoms with Gasteiger partial charge in [-0.15, -0.1) is 0 Å². The molecule has 0 spiro atoms. The van der Waals surface area contributed by atoms with E-state index < -0.39 is 0 Å². The maximum absolute atomic E-state index is 5.36. The van der Waals surface area contributed by atoms with Gasteiger partial charge in [0.05, 0.1) is 19.9 Å². The number of hydrogen-bond acceptors (Lipinski definition) is 4. The van der Waals surface area contributed by atoms with Crippen molar-refractivity contribution in [3.05, 3.63) is 72.1 Å². The summed E-state index contributed by atoms with van der Waals surface area (Å²) in [5.41, 5.74) is 3.37. The number of aliphatic imine (C=N–C) groups is 1. The molecule has 0 bridgehead atoms. The largest absolute Gasteiger partial charge is 0.493 e. The van der Waals surface area contributed by atoms with Crippen molar-refractivity contribution < 1.29 is 9.47 Å². The van der Waals surface area contributed by atoms with E-state index in [4.69, 9.17) is 9.47 Å². The molecule has 7 heteroatoms. The van der Waals surface area contributed by atoms with E-state index in [1.165, 1.54) is 11.1 Å². The fraction of sp³-hybridized carbons (Fsp3) is 0.273. The highest BCUT2D eigenvalue weighted by atomic mass is 16.5. The third kappa shape index (κ3) is 5.51. The molecular weight excluding hydrogens is 366 g/mol. The van der Waals surface area contributed by atoms with Gasteiger partial charge in [0.2, 0.25) is 0 Å². The Kier molecular flexibility index (Phi) is 7.10. The zero-order valence-electron chi connectivity index (χ0n) is 17.1. The van der Waals surface area contributed by atoms with Crippen molar-refractivity contribution in [1.82, 2.24) is 20.4 Å². The van der Waals surface area contributed by atoms with E-state index in [9.17, 15) is 0 Å². The molecule has 3 rings (SSSR count). The normalized spacial score (nSPS) is 11.2. The fourth-order valence-corrected chi connectivity index (χ4v) is 2.96. The molecule has 0 aliphatic carbocycles. The van der Waals surface area contributed by atoms with E-state index in [2.05, 4.69) is 45.0 Å². The lowest BCUT2D eigenvalue weighted by molar-refractivity contribution is 0.354. The Labute approximate surface area is 171 Å². The van der Waals surface area contributed by atoms with Crippen LogP contribution in [0.15, 0.2) is 65.9 Å². The van der Waals surface area contributed by atoms with Crippen molar-refractivity contribution in [2.24, 2.45) is 4.99 Å². The lowest BCUT2D eigenvalue weighted by Crippen LogP contribution is -2.37. The van der Waals surface area contributed by atoms with Gasteiger partial charge in [-0.25, -0.2) is 4.68 Å². The van der Waals surface area contributed by atoms with Crippen molar-refractivity contribution in [3.63, 3.8) is 0 Å². The number of guanidine groups is 1. The van der Waals surface area contributed by atoms with Crippen LogP contribution < -0.4 is 20.1 Å². The van der Waals surface area contributed by atoms with E-state index in [0.29, 0.717) is 6.54 Å². The predicted molar refractivity (Wildman–Crippen MR) is 115 cm³/mol. The van der Waals surface area contributed by atoms with Gasteiger partial charge in [0.15, 0.2) is 17.5 Å². The van der Waals surface area contributed by atoms with Crippen LogP contribution in [0.25, 0.3) is 5.69 Å². The van der Waals surface area contributed by atoms with Crippen molar-refractivity contribution in [3.8, 4) is 17.2 Å². The van der Waals surface area contributed by atoms with E-state index in [1.54, 1.807) is 27.5 Å². The number of benzene rings is 2. The molecule has 7 nitrogen and oxygen atoms in total. The number of nitrogens with zero attached hydrogens (tertiary/aromatic N) is 3. The van der Waals surface area contributed by atoms with Gasteiger partial charge in [-0.1, -0.05) is 18.2 Å². The Morgan fingerprint density at radius 1 is 1.00 bits per heavy atom. The summed E-state index contributed by atoms with van der Waals surface area (Å²) < 4.78 is 12.5. The van der Waals surface area contributed by atoms with Crippen molar-refractivity contribution in [2.45, 2.75) is 13.0 Å². The minimum Gasteiger partial charge on any atom is -0.493 e.